The van der Waals surface area contributed by atoms with E-state index >= 15 is 0 Å². The smallest absolute Gasteiger partial charge is 0.408 e. The van der Waals surface area contributed by atoms with E-state index in [2.05, 4.69) is 10.6 Å². The molecule has 1 aromatic carbocycles. The second kappa shape index (κ2) is 7.94. The first kappa shape index (κ1) is 18.9. The molecular formula is C17H25FN2O3. The van der Waals surface area contributed by atoms with Crippen LogP contribution in [0.1, 0.15) is 40.2 Å². The van der Waals surface area contributed by atoms with Gasteiger partial charge in [-0.1, -0.05) is 32.0 Å². The average Bonchev–Trinajstić information content (AvgIpc) is 2.41. The highest BCUT2D eigenvalue weighted by Crippen LogP contribution is 2.10. The van der Waals surface area contributed by atoms with Crippen molar-refractivity contribution < 1.29 is 18.7 Å². The summed E-state index contributed by atoms with van der Waals surface area (Å²) in [5.41, 5.74) is -0.254. The molecule has 23 heavy (non-hydrogen) atoms. The fraction of sp³-hybridized carbons (Fsp3) is 0.529. The molecule has 1 aromatic rings. The molecule has 1 atom stereocenters. The van der Waals surface area contributed by atoms with Gasteiger partial charge in [0.25, 0.3) is 0 Å². The summed E-state index contributed by atoms with van der Waals surface area (Å²) < 4.78 is 18.7. The Hall–Kier alpha value is -2.11. The van der Waals surface area contributed by atoms with Gasteiger partial charge in [0.2, 0.25) is 5.91 Å². The van der Waals surface area contributed by atoms with E-state index in [4.69, 9.17) is 4.74 Å². The number of nitrogens with one attached hydrogen (secondary N) is 2. The van der Waals surface area contributed by atoms with Crippen LogP contribution in [0, 0.1) is 11.7 Å². The molecule has 1 unspecified atom stereocenters. The number of amides is 2. The number of hydrogen-bond acceptors (Lipinski definition) is 3. The maximum absolute atomic E-state index is 13.6. The van der Waals surface area contributed by atoms with Crippen molar-refractivity contribution in [3.8, 4) is 0 Å². The van der Waals surface area contributed by atoms with E-state index in [1.807, 2.05) is 13.8 Å². The summed E-state index contributed by atoms with van der Waals surface area (Å²) in [5, 5.41) is 5.20. The van der Waals surface area contributed by atoms with Gasteiger partial charge >= 0.3 is 6.09 Å². The largest absolute Gasteiger partial charge is 0.444 e. The molecule has 2 amide bonds. The third-order valence-electron chi connectivity index (χ3n) is 3.03. The van der Waals surface area contributed by atoms with Crippen molar-refractivity contribution in [3.05, 3.63) is 35.6 Å². The minimum atomic E-state index is -0.753. The van der Waals surface area contributed by atoms with Crippen molar-refractivity contribution in [3.63, 3.8) is 0 Å². The molecule has 0 fully saturated rings. The lowest BCUT2D eigenvalue weighted by molar-refractivity contribution is -0.124. The third-order valence-corrected chi connectivity index (χ3v) is 3.03. The molecule has 5 nitrogen and oxygen atoms in total. The molecule has 0 saturated carbocycles. The predicted octanol–water partition coefficient (Wildman–Crippen LogP) is 2.99. The Morgan fingerprint density at radius 1 is 1.22 bits per heavy atom. The van der Waals surface area contributed by atoms with Gasteiger partial charge in [0, 0.05) is 12.1 Å². The van der Waals surface area contributed by atoms with E-state index in [0.29, 0.717) is 5.56 Å². The lowest BCUT2D eigenvalue weighted by Crippen LogP contribution is -2.50. The topological polar surface area (TPSA) is 67.4 Å². The van der Waals surface area contributed by atoms with E-state index in [-0.39, 0.29) is 24.2 Å². The Labute approximate surface area is 136 Å². The van der Waals surface area contributed by atoms with Gasteiger partial charge in [-0.05, 0) is 32.8 Å². The highest BCUT2D eigenvalue weighted by Gasteiger charge is 2.26. The van der Waals surface area contributed by atoms with Crippen LogP contribution < -0.4 is 10.6 Å². The molecule has 0 heterocycles. The molecule has 0 aliphatic rings. The van der Waals surface area contributed by atoms with E-state index < -0.39 is 17.7 Å². The van der Waals surface area contributed by atoms with E-state index in [0.717, 1.165) is 0 Å². The summed E-state index contributed by atoms with van der Waals surface area (Å²) in [6, 6.07) is 5.46. The van der Waals surface area contributed by atoms with Gasteiger partial charge in [0.15, 0.2) is 0 Å². The Kier molecular flexibility index (Phi) is 6.54. The zero-order valence-corrected chi connectivity index (χ0v) is 14.3. The molecule has 128 valence electrons. The van der Waals surface area contributed by atoms with Crippen LogP contribution in [-0.2, 0) is 16.1 Å². The van der Waals surface area contributed by atoms with Gasteiger partial charge in [-0.3, -0.25) is 4.79 Å². The molecular weight excluding hydrogens is 299 g/mol. The van der Waals surface area contributed by atoms with Crippen molar-refractivity contribution in [1.29, 1.82) is 0 Å². The predicted molar refractivity (Wildman–Crippen MR) is 86.2 cm³/mol. The first-order valence-corrected chi connectivity index (χ1v) is 7.61. The maximum Gasteiger partial charge on any atom is 0.408 e. The van der Waals surface area contributed by atoms with Crippen LogP contribution in [0.25, 0.3) is 0 Å². The quantitative estimate of drug-likeness (QED) is 0.875. The van der Waals surface area contributed by atoms with Gasteiger partial charge < -0.3 is 15.4 Å². The number of halogens is 1. The Morgan fingerprint density at radius 3 is 2.35 bits per heavy atom. The van der Waals surface area contributed by atoms with Crippen LogP contribution in [0.5, 0.6) is 0 Å². The Balaban J connectivity index is 2.65. The number of alkyl carbamates (subject to hydrolysis) is 1. The van der Waals surface area contributed by atoms with E-state index in [1.54, 1.807) is 39.0 Å². The van der Waals surface area contributed by atoms with Gasteiger partial charge in [-0.2, -0.15) is 0 Å². The summed E-state index contributed by atoms with van der Waals surface area (Å²) in [5.74, 6) is -0.897. The van der Waals surface area contributed by atoms with Crippen molar-refractivity contribution in [2.75, 3.05) is 0 Å². The molecule has 0 aliphatic carbocycles. The average molecular weight is 324 g/mol. The summed E-state index contributed by atoms with van der Waals surface area (Å²) in [6.07, 6.45) is -0.655. The monoisotopic (exact) mass is 324 g/mol. The van der Waals surface area contributed by atoms with Crippen LogP contribution in [-0.4, -0.2) is 23.6 Å². The zero-order valence-electron chi connectivity index (χ0n) is 14.3. The minimum absolute atomic E-state index is 0.0602. The molecule has 0 saturated heterocycles. The molecule has 6 heteroatoms. The van der Waals surface area contributed by atoms with Gasteiger partial charge in [0.1, 0.15) is 17.5 Å². The lowest BCUT2D eigenvalue weighted by Gasteiger charge is -2.25. The summed E-state index contributed by atoms with van der Waals surface area (Å²) in [7, 11) is 0. The standard InChI is InChI=1S/C17H25FN2O3/c1-11(2)14(20-16(22)23-17(3,4)5)15(21)19-10-12-8-6-7-9-13(12)18/h6-9,11,14H,10H2,1-5H3,(H,19,21)(H,20,22). The molecule has 0 aliphatic heterocycles. The first-order chi connectivity index (χ1) is 10.6. The number of rotatable bonds is 5. The van der Waals surface area contributed by atoms with Crippen molar-refractivity contribution >= 4 is 12.0 Å². The van der Waals surface area contributed by atoms with Gasteiger partial charge in [0.05, 0.1) is 0 Å². The minimum Gasteiger partial charge on any atom is -0.444 e. The fourth-order valence-electron chi connectivity index (χ4n) is 1.90. The van der Waals surface area contributed by atoms with Gasteiger partial charge in [-0.15, -0.1) is 0 Å². The van der Waals surface area contributed by atoms with E-state index in [9.17, 15) is 14.0 Å². The number of carbonyl (C=O) groups excluding carboxylic acids is 2. The van der Waals surface area contributed by atoms with Gasteiger partial charge in [-0.25, -0.2) is 9.18 Å². The molecule has 0 spiro atoms. The van der Waals surface area contributed by atoms with Crippen LogP contribution in [0.3, 0.4) is 0 Å². The first-order valence-electron chi connectivity index (χ1n) is 7.61. The van der Waals surface area contributed by atoms with Crippen LogP contribution in [0.2, 0.25) is 0 Å². The summed E-state index contributed by atoms with van der Waals surface area (Å²) >= 11 is 0. The number of hydrogen-bond donors (Lipinski definition) is 2. The van der Waals surface area contributed by atoms with Crippen LogP contribution in [0.15, 0.2) is 24.3 Å². The lowest BCUT2D eigenvalue weighted by atomic mass is 10.0. The molecule has 1 rings (SSSR count). The van der Waals surface area contributed by atoms with Crippen molar-refractivity contribution in [2.45, 2.75) is 52.8 Å². The highest BCUT2D eigenvalue weighted by molar-refractivity contribution is 5.85. The maximum atomic E-state index is 13.6. The molecule has 0 bridgehead atoms. The second-order valence-electron chi connectivity index (χ2n) is 6.68. The SMILES string of the molecule is CC(C)C(NC(=O)OC(C)(C)C)C(=O)NCc1ccccc1F. The normalized spacial score (nSPS) is 12.7. The Bertz CT molecular complexity index is 553. The van der Waals surface area contributed by atoms with Crippen molar-refractivity contribution in [2.24, 2.45) is 5.92 Å². The van der Waals surface area contributed by atoms with E-state index in [1.165, 1.54) is 6.07 Å². The van der Waals surface area contributed by atoms with Crippen molar-refractivity contribution in [1.82, 2.24) is 10.6 Å². The zero-order chi connectivity index (χ0) is 17.6. The highest BCUT2D eigenvalue weighted by atomic mass is 19.1. The summed E-state index contributed by atoms with van der Waals surface area (Å²) in [4.78, 5) is 24.1. The fourth-order valence-corrected chi connectivity index (χ4v) is 1.90. The third kappa shape index (κ3) is 6.67. The Morgan fingerprint density at radius 2 is 1.83 bits per heavy atom. The second-order valence-corrected chi connectivity index (χ2v) is 6.68. The summed E-state index contributed by atoms with van der Waals surface area (Å²) in [6.45, 7) is 8.92. The number of benzene rings is 1. The molecule has 0 radical (unpaired) electrons. The number of carbonyl (C=O) groups is 2. The van der Waals surface area contributed by atoms with Crippen LogP contribution >= 0.6 is 0 Å². The molecule has 0 aromatic heterocycles. The number of ether oxygens (including phenoxy) is 1. The van der Waals surface area contributed by atoms with Crippen LogP contribution in [0.4, 0.5) is 9.18 Å². The molecule has 2 N–H and O–H groups in total.